The number of ether oxygens (including phenoxy) is 1. The standard InChI is InChI=1S/C17H28N2O2S/c1-13(15-7-10-22-12-15)18-8-5-14-6-9-19(11-14)16(20)21-17(2,3)4/h7,10,12-14,18H,5-6,8-9,11H2,1-4H3. The average molecular weight is 324 g/mol. The molecule has 0 radical (unpaired) electrons. The molecule has 5 heteroatoms. The maximum absolute atomic E-state index is 12.0. The second kappa shape index (κ2) is 7.47. The third-order valence-corrected chi connectivity index (χ3v) is 4.69. The van der Waals surface area contributed by atoms with E-state index in [9.17, 15) is 4.79 Å². The van der Waals surface area contributed by atoms with Crippen LogP contribution in [0.25, 0.3) is 0 Å². The van der Waals surface area contributed by atoms with Crippen LogP contribution in [0.3, 0.4) is 0 Å². The maximum Gasteiger partial charge on any atom is 0.410 e. The van der Waals surface area contributed by atoms with E-state index in [4.69, 9.17) is 4.74 Å². The lowest BCUT2D eigenvalue weighted by atomic mass is 10.0. The van der Waals surface area contributed by atoms with Gasteiger partial charge in [-0.25, -0.2) is 4.79 Å². The summed E-state index contributed by atoms with van der Waals surface area (Å²) in [7, 11) is 0. The van der Waals surface area contributed by atoms with Crippen molar-refractivity contribution in [1.29, 1.82) is 0 Å². The fourth-order valence-corrected chi connectivity index (χ4v) is 3.46. The lowest BCUT2D eigenvalue weighted by molar-refractivity contribution is 0.0287. The van der Waals surface area contributed by atoms with E-state index >= 15 is 0 Å². The van der Waals surface area contributed by atoms with Gasteiger partial charge in [0.2, 0.25) is 0 Å². The summed E-state index contributed by atoms with van der Waals surface area (Å²) in [4.78, 5) is 13.9. The Hall–Kier alpha value is -1.07. The van der Waals surface area contributed by atoms with Crippen LogP contribution in [-0.4, -0.2) is 36.2 Å². The lowest BCUT2D eigenvalue weighted by Crippen LogP contribution is -2.35. The van der Waals surface area contributed by atoms with Gasteiger partial charge in [-0.15, -0.1) is 0 Å². The highest BCUT2D eigenvalue weighted by Gasteiger charge is 2.29. The summed E-state index contributed by atoms with van der Waals surface area (Å²) in [6, 6.07) is 2.57. The van der Waals surface area contributed by atoms with Crippen LogP contribution in [0.2, 0.25) is 0 Å². The number of hydrogen-bond acceptors (Lipinski definition) is 4. The first kappa shape index (κ1) is 17.3. The molecular weight excluding hydrogens is 296 g/mol. The topological polar surface area (TPSA) is 41.6 Å². The molecule has 124 valence electrons. The monoisotopic (exact) mass is 324 g/mol. The van der Waals surface area contributed by atoms with Gasteiger partial charge in [-0.1, -0.05) is 0 Å². The molecule has 2 rings (SSSR count). The first-order valence-electron chi connectivity index (χ1n) is 8.08. The van der Waals surface area contributed by atoms with Crippen molar-refractivity contribution in [3.8, 4) is 0 Å². The zero-order chi connectivity index (χ0) is 16.2. The number of thiophene rings is 1. The van der Waals surface area contributed by atoms with E-state index in [0.29, 0.717) is 12.0 Å². The molecule has 1 saturated heterocycles. The van der Waals surface area contributed by atoms with Gasteiger partial charge in [-0.2, -0.15) is 11.3 Å². The molecule has 22 heavy (non-hydrogen) atoms. The lowest BCUT2D eigenvalue weighted by Gasteiger charge is -2.24. The van der Waals surface area contributed by atoms with E-state index < -0.39 is 5.60 Å². The first-order valence-corrected chi connectivity index (χ1v) is 9.03. The largest absolute Gasteiger partial charge is 0.444 e. The first-order chi connectivity index (χ1) is 10.3. The molecule has 1 amide bonds. The highest BCUT2D eigenvalue weighted by Crippen LogP contribution is 2.22. The van der Waals surface area contributed by atoms with E-state index in [-0.39, 0.29) is 6.09 Å². The van der Waals surface area contributed by atoms with Crippen LogP contribution in [0.15, 0.2) is 16.8 Å². The van der Waals surface area contributed by atoms with Gasteiger partial charge in [0.15, 0.2) is 0 Å². The summed E-state index contributed by atoms with van der Waals surface area (Å²) in [6.45, 7) is 10.6. The molecule has 0 saturated carbocycles. The molecule has 1 aliphatic rings. The quantitative estimate of drug-likeness (QED) is 0.888. The number of hydrogen-bond donors (Lipinski definition) is 1. The van der Waals surface area contributed by atoms with E-state index in [1.807, 2.05) is 25.7 Å². The summed E-state index contributed by atoms with van der Waals surface area (Å²) >= 11 is 1.74. The predicted molar refractivity (Wildman–Crippen MR) is 91.3 cm³/mol. The molecule has 1 aromatic heterocycles. The second-order valence-electron chi connectivity index (χ2n) is 7.10. The molecular formula is C17H28N2O2S. The number of carbonyl (C=O) groups is 1. The minimum absolute atomic E-state index is 0.172. The van der Waals surface area contributed by atoms with Crippen molar-refractivity contribution < 1.29 is 9.53 Å². The molecule has 2 heterocycles. The summed E-state index contributed by atoms with van der Waals surface area (Å²) in [5, 5.41) is 7.87. The van der Waals surface area contributed by atoms with Crippen LogP contribution < -0.4 is 5.32 Å². The Kier molecular flexibility index (Phi) is 5.87. The fourth-order valence-electron chi connectivity index (χ4n) is 2.70. The molecule has 4 nitrogen and oxygen atoms in total. The summed E-state index contributed by atoms with van der Waals surface area (Å²) in [5.74, 6) is 0.578. The highest BCUT2D eigenvalue weighted by atomic mass is 32.1. The van der Waals surface area contributed by atoms with Gasteiger partial charge < -0.3 is 15.0 Å². The van der Waals surface area contributed by atoms with E-state index in [2.05, 4.69) is 29.1 Å². The van der Waals surface area contributed by atoms with Crippen LogP contribution in [0.1, 0.15) is 52.1 Å². The molecule has 1 aromatic rings. The summed E-state index contributed by atoms with van der Waals surface area (Å²) in [5.41, 5.74) is 0.943. The molecule has 0 spiro atoms. The van der Waals surface area contributed by atoms with Gasteiger partial charge in [0, 0.05) is 19.1 Å². The summed E-state index contributed by atoms with van der Waals surface area (Å²) in [6.07, 6.45) is 2.01. The van der Waals surface area contributed by atoms with Crippen molar-refractivity contribution in [3.63, 3.8) is 0 Å². The zero-order valence-electron chi connectivity index (χ0n) is 14.1. The van der Waals surface area contributed by atoms with Crippen molar-refractivity contribution in [3.05, 3.63) is 22.4 Å². The SMILES string of the molecule is CC(NCCC1CCN(C(=O)OC(C)(C)C)C1)c1ccsc1. The van der Waals surface area contributed by atoms with Crippen molar-refractivity contribution >= 4 is 17.4 Å². The highest BCUT2D eigenvalue weighted by molar-refractivity contribution is 7.07. The Morgan fingerprint density at radius 2 is 2.32 bits per heavy atom. The summed E-state index contributed by atoms with van der Waals surface area (Å²) < 4.78 is 5.43. The molecule has 0 aliphatic carbocycles. The average Bonchev–Trinajstić information content (AvgIpc) is 3.08. The molecule has 2 atom stereocenters. The fraction of sp³-hybridized carbons (Fsp3) is 0.706. The number of amides is 1. The van der Waals surface area contributed by atoms with E-state index in [0.717, 1.165) is 32.5 Å². The Bertz CT molecular complexity index is 468. The molecule has 1 fully saturated rings. The third-order valence-electron chi connectivity index (χ3n) is 3.98. The van der Waals surface area contributed by atoms with Crippen LogP contribution in [0.4, 0.5) is 4.79 Å². The smallest absolute Gasteiger partial charge is 0.410 e. The minimum atomic E-state index is -0.410. The minimum Gasteiger partial charge on any atom is -0.444 e. The number of carbonyl (C=O) groups excluding carboxylic acids is 1. The predicted octanol–water partition coefficient (Wildman–Crippen LogP) is 4.05. The number of nitrogens with zero attached hydrogens (tertiary/aromatic N) is 1. The Balaban J connectivity index is 1.67. The van der Waals surface area contributed by atoms with E-state index in [1.165, 1.54) is 5.56 Å². The molecule has 0 bridgehead atoms. The van der Waals surface area contributed by atoms with Crippen molar-refractivity contribution in [2.24, 2.45) is 5.92 Å². The van der Waals surface area contributed by atoms with Crippen LogP contribution in [-0.2, 0) is 4.74 Å². The maximum atomic E-state index is 12.0. The van der Waals surface area contributed by atoms with Crippen molar-refractivity contribution in [1.82, 2.24) is 10.2 Å². The second-order valence-corrected chi connectivity index (χ2v) is 7.88. The molecule has 1 aliphatic heterocycles. The normalized spacial score (nSPS) is 20.2. The van der Waals surface area contributed by atoms with Crippen molar-refractivity contribution in [2.75, 3.05) is 19.6 Å². The Morgan fingerprint density at radius 1 is 1.55 bits per heavy atom. The molecule has 2 unspecified atom stereocenters. The van der Waals surface area contributed by atoms with Gasteiger partial charge >= 0.3 is 6.09 Å². The number of likely N-dealkylation sites (tertiary alicyclic amines) is 1. The van der Waals surface area contributed by atoms with Crippen LogP contribution in [0, 0.1) is 5.92 Å². The van der Waals surface area contributed by atoms with Gasteiger partial charge in [0.1, 0.15) is 5.60 Å². The van der Waals surface area contributed by atoms with Gasteiger partial charge in [-0.05, 0) is 75.4 Å². The number of rotatable bonds is 5. The van der Waals surface area contributed by atoms with E-state index in [1.54, 1.807) is 11.3 Å². The van der Waals surface area contributed by atoms with Crippen molar-refractivity contribution in [2.45, 2.75) is 52.2 Å². The third kappa shape index (κ3) is 5.29. The molecule has 0 aromatic carbocycles. The van der Waals surface area contributed by atoms with Gasteiger partial charge in [0.05, 0.1) is 0 Å². The molecule has 1 N–H and O–H groups in total. The Morgan fingerprint density at radius 3 is 2.95 bits per heavy atom. The van der Waals surface area contributed by atoms with Gasteiger partial charge in [0.25, 0.3) is 0 Å². The van der Waals surface area contributed by atoms with Crippen LogP contribution >= 0.6 is 11.3 Å². The van der Waals surface area contributed by atoms with Gasteiger partial charge in [-0.3, -0.25) is 0 Å². The van der Waals surface area contributed by atoms with Crippen LogP contribution in [0.5, 0.6) is 0 Å². The Labute approximate surface area is 137 Å². The zero-order valence-corrected chi connectivity index (χ0v) is 14.9. The number of nitrogens with one attached hydrogen (secondary N) is 1.